The molecule has 0 aromatic carbocycles. The van der Waals surface area contributed by atoms with Crippen LogP contribution in [-0.4, -0.2) is 34.9 Å². The second-order valence-electron chi connectivity index (χ2n) is 18.7. The summed E-state index contributed by atoms with van der Waals surface area (Å²) in [6.07, 6.45) is 62.3. The summed E-state index contributed by atoms with van der Waals surface area (Å²) in [4.78, 5) is 12.4. The van der Waals surface area contributed by atoms with Crippen molar-refractivity contribution < 1.29 is 15.0 Å². The Morgan fingerprint density at radius 3 is 0.789 bits per heavy atom. The van der Waals surface area contributed by atoms with Crippen molar-refractivity contribution in [2.24, 2.45) is 0 Å². The molecule has 1 amide bonds. The van der Waals surface area contributed by atoms with Crippen molar-refractivity contribution in [1.82, 2.24) is 5.32 Å². The lowest BCUT2D eigenvalue weighted by atomic mass is 10.0. The highest BCUT2D eigenvalue weighted by atomic mass is 16.3. The average Bonchev–Trinajstić information content (AvgIpc) is 3.22. The zero-order valence-corrected chi connectivity index (χ0v) is 39.4. The number of aliphatic hydroxyl groups excluding tert-OH is 2. The molecule has 0 saturated heterocycles. The average molecular weight is 806 g/mol. The summed E-state index contributed by atoms with van der Waals surface area (Å²) in [7, 11) is 0. The summed E-state index contributed by atoms with van der Waals surface area (Å²) in [6.45, 7) is 4.39. The van der Waals surface area contributed by atoms with Crippen molar-refractivity contribution in [2.75, 3.05) is 6.61 Å². The second-order valence-corrected chi connectivity index (χ2v) is 18.7. The first-order valence-electron chi connectivity index (χ1n) is 26.7. The van der Waals surface area contributed by atoms with Gasteiger partial charge in [-0.1, -0.05) is 296 Å². The van der Waals surface area contributed by atoms with E-state index in [9.17, 15) is 15.0 Å². The summed E-state index contributed by atoms with van der Waals surface area (Å²) in [5.74, 6) is -0.0251. The highest BCUT2D eigenvalue weighted by Gasteiger charge is 2.20. The molecule has 0 aliphatic heterocycles. The molecule has 0 heterocycles. The van der Waals surface area contributed by atoms with Gasteiger partial charge in [0.2, 0.25) is 5.91 Å². The largest absolute Gasteiger partial charge is 0.394 e. The third-order valence-electron chi connectivity index (χ3n) is 12.9. The minimum Gasteiger partial charge on any atom is -0.394 e. The fourth-order valence-electron chi connectivity index (χ4n) is 8.78. The SMILES string of the molecule is CCCCCCCCCCCCCCCCCCCCCCCCCCCCCCCCCC(O)C(CO)NC(=O)CCCCCCCCCCCCCCCC. The highest BCUT2D eigenvalue weighted by Crippen LogP contribution is 2.18. The van der Waals surface area contributed by atoms with E-state index in [0.717, 1.165) is 25.7 Å². The van der Waals surface area contributed by atoms with Crippen molar-refractivity contribution in [1.29, 1.82) is 0 Å². The lowest BCUT2D eigenvalue weighted by Crippen LogP contribution is -2.45. The minimum atomic E-state index is -0.654. The molecule has 4 nitrogen and oxygen atoms in total. The lowest BCUT2D eigenvalue weighted by molar-refractivity contribution is -0.123. The molecule has 0 radical (unpaired) electrons. The number of nitrogens with one attached hydrogen (secondary N) is 1. The van der Waals surface area contributed by atoms with E-state index < -0.39 is 12.1 Å². The molecule has 2 unspecified atom stereocenters. The van der Waals surface area contributed by atoms with Crippen LogP contribution in [-0.2, 0) is 4.79 Å². The van der Waals surface area contributed by atoms with E-state index in [2.05, 4.69) is 19.2 Å². The van der Waals surface area contributed by atoms with Gasteiger partial charge in [-0.15, -0.1) is 0 Å². The zero-order valence-electron chi connectivity index (χ0n) is 39.4. The van der Waals surface area contributed by atoms with Crippen molar-refractivity contribution in [3.8, 4) is 0 Å². The van der Waals surface area contributed by atoms with Crippen molar-refractivity contribution in [2.45, 2.75) is 328 Å². The summed E-state index contributed by atoms with van der Waals surface area (Å²) >= 11 is 0. The molecule has 0 aliphatic rings. The Labute approximate surface area is 359 Å². The van der Waals surface area contributed by atoms with Gasteiger partial charge in [0.1, 0.15) is 0 Å². The quantitative estimate of drug-likeness (QED) is 0.0536. The fourth-order valence-corrected chi connectivity index (χ4v) is 8.78. The smallest absolute Gasteiger partial charge is 0.220 e. The maximum absolute atomic E-state index is 12.4. The number of amides is 1. The maximum atomic E-state index is 12.4. The van der Waals surface area contributed by atoms with Crippen LogP contribution in [0.4, 0.5) is 0 Å². The van der Waals surface area contributed by atoms with Crippen LogP contribution < -0.4 is 5.32 Å². The van der Waals surface area contributed by atoms with Crippen LogP contribution in [0.15, 0.2) is 0 Å². The molecule has 0 saturated carbocycles. The van der Waals surface area contributed by atoms with Gasteiger partial charge in [-0.3, -0.25) is 4.79 Å². The standard InChI is InChI=1S/C53H107NO3/c1-3-5-7-9-11-13-15-17-19-20-21-22-23-24-25-26-27-28-29-30-31-32-33-34-35-36-38-40-42-44-46-48-52(56)51(50-55)54-53(57)49-47-45-43-41-39-37-18-16-14-12-10-8-6-4-2/h51-52,55-56H,3-50H2,1-2H3,(H,54,57). The highest BCUT2D eigenvalue weighted by molar-refractivity contribution is 5.76. The Hall–Kier alpha value is -0.610. The third-order valence-corrected chi connectivity index (χ3v) is 12.9. The first-order valence-corrected chi connectivity index (χ1v) is 26.7. The van der Waals surface area contributed by atoms with Crippen LogP contribution in [0.2, 0.25) is 0 Å². The first kappa shape index (κ1) is 56.4. The van der Waals surface area contributed by atoms with Gasteiger partial charge in [0.15, 0.2) is 0 Å². The topological polar surface area (TPSA) is 69.6 Å². The summed E-state index contributed by atoms with van der Waals surface area (Å²) in [6, 6.07) is -0.530. The van der Waals surface area contributed by atoms with Crippen molar-refractivity contribution in [3.63, 3.8) is 0 Å². The molecule has 0 aliphatic carbocycles. The number of hydrogen-bond donors (Lipinski definition) is 3. The lowest BCUT2D eigenvalue weighted by Gasteiger charge is -2.22. The molecule has 342 valence electrons. The molecular weight excluding hydrogens is 699 g/mol. The van der Waals surface area contributed by atoms with Gasteiger partial charge >= 0.3 is 0 Å². The number of hydrogen-bond acceptors (Lipinski definition) is 3. The summed E-state index contributed by atoms with van der Waals surface area (Å²) in [5, 5.41) is 23.3. The zero-order chi connectivity index (χ0) is 41.4. The molecule has 0 spiro atoms. The number of carbonyl (C=O) groups is 1. The predicted octanol–water partition coefficient (Wildman–Crippen LogP) is 17.2. The third kappa shape index (κ3) is 46.3. The van der Waals surface area contributed by atoms with Gasteiger partial charge in [-0.05, 0) is 12.8 Å². The van der Waals surface area contributed by atoms with Gasteiger partial charge in [-0.25, -0.2) is 0 Å². The Morgan fingerprint density at radius 1 is 0.351 bits per heavy atom. The number of carbonyl (C=O) groups excluding carboxylic acids is 1. The van der Waals surface area contributed by atoms with Crippen molar-refractivity contribution >= 4 is 5.91 Å². The molecule has 0 aromatic heterocycles. The van der Waals surface area contributed by atoms with Crippen molar-refractivity contribution in [3.05, 3.63) is 0 Å². The molecule has 3 N–H and O–H groups in total. The molecule has 57 heavy (non-hydrogen) atoms. The van der Waals surface area contributed by atoms with Crippen LogP contribution in [0.5, 0.6) is 0 Å². The van der Waals surface area contributed by atoms with E-state index in [4.69, 9.17) is 0 Å². The molecule has 0 bridgehead atoms. The van der Waals surface area contributed by atoms with E-state index in [1.165, 1.54) is 263 Å². The van der Waals surface area contributed by atoms with E-state index in [0.29, 0.717) is 12.8 Å². The van der Waals surface area contributed by atoms with Crippen LogP contribution >= 0.6 is 0 Å². The monoisotopic (exact) mass is 806 g/mol. The minimum absolute atomic E-state index is 0.0251. The summed E-state index contributed by atoms with van der Waals surface area (Å²) in [5.41, 5.74) is 0. The van der Waals surface area contributed by atoms with Gasteiger partial charge in [-0.2, -0.15) is 0 Å². The Kier molecular flexibility index (Phi) is 49.2. The van der Waals surface area contributed by atoms with Gasteiger partial charge < -0.3 is 15.5 Å². The van der Waals surface area contributed by atoms with E-state index >= 15 is 0 Å². The molecule has 0 fully saturated rings. The molecule has 4 heteroatoms. The Morgan fingerprint density at radius 2 is 0.561 bits per heavy atom. The van der Waals surface area contributed by atoms with Crippen LogP contribution in [0.1, 0.15) is 316 Å². The van der Waals surface area contributed by atoms with E-state index in [-0.39, 0.29) is 12.5 Å². The normalized spacial score (nSPS) is 12.7. The number of aliphatic hydroxyl groups is 2. The molecule has 0 rings (SSSR count). The van der Waals surface area contributed by atoms with Gasteiger partial charge in [0.05, 0.1) is 18.8 Å². The summed E-state index contributed by atoms with van der Waals surface area (Å²) < 4.78 is 0. The Bertz CT molecular complexity index is 744. The number of rotatable bonds is 50. The van der Waals surface area contributed by atoms with Crippen LogP contribution in [0.25, 0.3) is 0 Å². The van der Waals surface area contributed by atoms with E-state index in [1.54, 1.807) is 0 Å². The molecular formula is C53H107NO3. The molecule has 2 atom stereocenters. The van der Waals surface area contributed by atoms with Gasteiger partial charge in [0, 0.05) is 6.42 Å². The second kappa shape index (κ2) is 49.8. The fraction of sp³-hybridized carbons (Fsp3) is 0.981. The maximum Gasteiger partial charge on any atom is 0.220 e. The first-order chi connectivity index (χ1) is 28.2. The molecule has 0 aromatic rings. The number of unbranched alkanes of at least 4 members (excludes halogenated alkanes) is 43. The van der Waals surface area contributed by atoms with Gasteiger partial charge in [0.25, 0.3) is 0 Å². The van der Waals surface area contributed by atoms with Crippen LogP contribution in [0.3, 0.4) is 0 Å². The Balaban J connectivity index is 3.36. The predicted molar refractivity (Wildman–Crippen MR) is 253 cm³/mol. The van der Waals surface area contributed by atoms with Crippen LogP contribution in [0, 0.1) is 0 Å². The van der Waals surface area contributed by atoms with E-state index in [1.807, 2.05) is 0 Å².